The minimum Gasteiger partial charge on any atom is -0.493 e. The summed E-state index contributed by atoms with van der Waals surface area (Å²) in [5, 5.41) is 0.411. The van der Waals surface area contributed by atoms with Gasteiger partial charge >= 0.3 is 12.6 Å². The molecule has 4 rings (SSSR count). The number of aromatic nitrogens is 1. The molecule has 1 aliphatic rings. The molecule has 1 aliphatic carbocycles. The van der Waals surface area contributed by atoms with Gasteiger partial charge in [-0.05, 0) is 59.7 Å². The smallest absolute Gasteiger partial charge is 0.387 e. The Morgan fingerprint density at radius 2 is 1.68 bits per heavy atom. The molecule has 1 saturated carbocycles. The number of methoxy groups -OCH3 is 2. The molecule has 15 heteroatoms. The summed E-state index contributed by atoms with van der Waals surface area (Å²) in [6.07, 6.45) is 3.56. The number of carbonyl (C=O) groups excluding carboxylic acids is 1. The van der Waals surface area contributed by atoms with Crippen LogP contribution in [-0.2, 0) is 31.7 Å². The van der Waals surface area contributed by atoms with Crippen molar-refractivity contribution >= 4 is 39.2 Å². The molecule has 0 spiro atoms. The van der Waals surface area contributed by atoms with Crippen molar-refractivity contribution in [2.45, 2.75) is 37.7 Å². The van der Waals surface area contributed by atoms with Gasteiger partial charge in [0.25, 0.3) is 0 Å². The number of sulfonamides is 1. The molecule has 44 heavy (non-hydrogen) atoms. The van der Waals surface area contributed by atoms with E-state index in [0.717, 1.165) is 12.8 Å². The molecule has 1 aromatic heterocycles. The molecule has 238 valence electrons. The average Bonchev–Trinajstić information content (AvgIpc) is 3.81. The third kappa shape index (κ3) is 9.55. The zero-order chi connectivity index (χ0) is 31.9. The monoisotopic (exact) mass is 674 g/mol. The second-order valence-electron chi connectivity index (χ2n) is 9.87. The summed E-state index contributed by atoms with van der Waals surface area (Å²) in [5.74, 6) is -0.411. The molecule has 0 radical (unpaired) electrons. The first-order valence-electron chi connectivity index (χ1n) is 13.3. The molecule has 0 aliphatic heterocycles. The van der Waals surface area contributed by atoms with Crippen LogP contribution in [0.3, 0.4) is 0 Å². The number of carbonyl (C=O) groups is 1. The zero-order valence-corrected chi connectivity index (χ0v) is 26.1. The second kappa shape index (κ2) is 15.1. The molecule has 0 unspecified atom stereocenters. The largest absolute Gasteiger partial charge is 0.493 e. The number of halogens is 4. The summed E-state index contributed by atoms with van der Waals surface area (Å²) in [7, 11) is -1.10. The van der Waals surface area contributed by atoms with Gasteiger partial charge in [0.15, 0.2) is 23.0 Å². The zero-order valence-electron chi connectivity index (χ0n) is 23.7. The number of alkyl halides is 2. The molecule has 1 atom stereocenters. The van der Waals surface area contributed by atoms with E-state index in [0.29, 0.717) is 40.7 Å². The fraction of sp³-hybridized carbons (Fsp3) is 0.379. The van der Waals surface area contributed by atoms with Crippen molar-refractivity contribution in [2.75, 3.05) is 27.4 Å². The number of ether oxygens (including phenoxy) is 5. The van der Waals surface area contributed by atoms with Crippen LogP contribution in [0.2, 0.25) is 10.0 Å². The molecule has 1 heterocycles. The van der Waals surface area contributed by atoms with E-state index in [4.69, 9.17) is 42.1 Å². The van der Waals surface area contributed by atoms with Crippen molar-refractivity contribution < 1.29 is 45.7 Å². The van der Waals surface area contributed by atoms with Crippen LogP contribution in [-0.4, -0.2) is 53.4 Å². The Morgan fingerprint density at radius 3 is 2.32 bits per heavy atom. The van der Waals surface area contributed by atoms with E-state index in [2.05, 4.69) is 14.4 Å². The van der Waals surface area contributed by atoms with E-state index < -0.39 is 41.0 Å². The van der Waals surface area contributed by atoms with Gasteiger partial charge in [0.05, 0.1) is 36.6 Å². The van der Waals surface area contributed by atoms with E-state index >= 15 is 0 Å². The highest BCUT2D eigenvalue weighted by Gasteiger charge is 2.26. The fourth-order valence-electron chi connectivity index (χ4n) is 4.18. The minimum atomic E-state index is -3.99. The lowest BCUT2D eigenvalue weighted by molar-refractivity contribution is -0.148. The van der Waals surface area contributed by atoms with Gasteiger partial charge in [0.1, 0.15) is 12.6 Å². The normalized spacial score (nSPS) is 13.8. The van der Waals surface area contributed by atoms with E-state index in [9.17, 15) is 22.0 Å². The van der Waals surface area contributed by atoms with Gasteiger partial charge in [-0.3, -0.25) is 9.78 Å². The third-order valence-corrected chi connectivity index (χ3v) is 8.53. The Balaban J connectivity index is 1.53. The quantitative estimate of drug-likeness (QED) is 0.190. The number of rotatable bonds is 16. The van der Waals surface area contributed by atoms with Crippen molar-refractivity contribution in [3.05, 3.63) is 75.5 Å². The third-order valence-electron chi connectivity index (χ3n) is 6.58. The van der Waals surface area contributed by atoms with Crippen molar-refractivity contribution in [1.29, 1.82) is 0 Å². The molecular formula is C29H30Cl2F2N2O8S. The van der Waals surface area contributed by atoms with Crippen LogP contribution in [0.4, 0.5) is 8.78 Å². The first-order chi connectivity index (χ1) is 21.0. The van der Waals surface area contributed by atoms with Gasteiger partial charge < -0.3 is 23.7 Å². The first kappa shape index (κ1) is 33.5. The van der Waals surface area contributed by atoms with Crippen molar-refractivity contribution in [3.8, 4) is 23.0 Å². The number of pyridine rings is 1. The van der Waals surface area contributed by atoms with Crippen LogP contribution in [0.1, 0.15) is 35.6 Å². The Bertz CT molecular complexity index is 1550. The molecule has 1 N–H and O–H groups in total. The van der Waals surface area contributed by atoms with E-state index in [1.54, 1.807) is 12.1 Å². The number of hydrogen-bond donors (Lipinski definition) is 1. The van der Waals surface area contributed by atoms with Gasteiger partial charge in [-0.25, -0.2) is 13.1 Å². The fourth-order valence-corrected chi connectivity index (χ4v) is 5.76. The topological polar surface area (TPSA) is 122 Å². The molecule has 0 amide bonds. The van der Waals surface area contributed by atoms with Crippen LogP contribution < -0.4 is 23.7 Å². The van der Waals surface area contributed by atoms with Crippen LogP contribution >= 0.6 is 23.2 Å². The van der Waals surface area contributed by atoms with Crippen molar-refractivity contribution in [3.63, 3.8) is 0 Å². The number of esters is 1. The van der Waals surface area contributed by atoms with Gasteiger partial charge in [0, 0.05) is 18.8 Å². The van der Waals surface area contributed by atoms with E-state index in [-0.39, 0.29) is 28.0 Å². The number of benzene rings is 2. The number of hydrogen-bond acceptors (Lipinski definition) is 9. The molecule has 0 saturated heterocycles. The summed E-state index contributed by atoms with van der Waals surface area (Å²) >= 11 is 12.6. The Labute approximate surface area is 263 Å². The summed E-state index contributed by atoms with van der Waals surface area (Å²) in [6.45, 7) is -3.47. The summed E-state index contributed by atoms with van der Waals surface area (Å²) < 4.78 is 80.4. The van der Waals surface area contributed by atoms with Gasteiger partial charge in [0.2, 0.25) is 10.0 Å². The lowest BCUT2D eigenvalue weighted by Gasteiger charge is -2.21. The Hall–Kier alpha value is -3.39. The highest BCUT2D eigenvalue weighted by atomic mass is 35.5. The van der Waals surface area contributed by atoms with Crippen LogP contribution in [0.5, 0.6) is 23.0 Å². The maximum Gasteiger partial charge on any atom is 0.387 e. The van der Waals surface area contributed by atoms with Crippen LogP contribution in [0.25, 0.3) is 0 Å². The highest BCUT2D eigenvalue weighted by Crippen LogP contribution is 2.38. The van der Waals surface area contributed by atoms with Crippen LogP contribution in [0, 0.1) is 5.92 Å². The molecule has 3 aromatic rings. The van der Waals surface area contributed by atoms with E-state index in [1.165, 1.54) is 50.9 Å². The summed E-state index contributed by atoms with van der Waals surface area (Å²) in [5.41, 5.74) is 1.15. The SMILES string of the molecule is COc1ccc(CS(=O)(=O)NCC(=O)O[C@@H](Cc2c(Cl)cncc2Cl)c2ccc(OC(F)F)c(OCC3CC3)c2)cc1OC. The number of nitrogens with one attached hydrogen (secondary N) is 1. The van der Waals surface area contributed by atoms with Crippen LogP contribution in [0.15, 0.2) is 48.8 Å². The summed E-state index contributed by atoms with van der Waals surface area (Å²) in [4.78, 5) is 16.9. The minimum absolute atomic E-state index is 0.0401. The lowest BCUT2D eigenvalue weighted by Crippen LogP contribution is -2.32. The molecule has 0 bridgehead atoms. The summed E-state index contributed by atoms with van der Waals surface area (Å²) in [6, 6.07) is 8.79. The van der Waals surface area contributed by atoms with Gasteiger partial charge in [-0.2, -0.15) is 8.78 Å². The van der Waals surface area contributed by atoms with Crippen molar-refractivity contribution in [2.24, 2.45) is 5.92 Å². The maximum absolute atomic E-state index is 13.1. The predicted molar refractivity (Wildman–Crippen MR) is 158 cm³/mol. The maximum atomic E-state index is 13.1. The molecular weight excluding hydrogens is 645 g/mol. The Morgan fingerprint density at radius 1 is 1.00 bits per heavy atom. The number of nitrogens with zero attached hydrogens (tertiary/aromatic N) is 1. The molecule has 1 fully saturated rings. The lowest BCUT2D eigenvalue weighted by atomic mass is 10.0. The van der Waals surface area contributed by atoms with Gasteiger partial charge in [-0.15, -0.1) is 0 Å². The predicted octanol–water partition coefficient (Wildman–Crippen LogP) is 5.74. The van der Waals surface area contributed by atoms with Crippen molar-refractivity contribution in [1.82, 2.24) is 9.71 Å². The first-order valence-corrected chi connectivity index (χ1v) is 15.8. The van der Waals surface area contributed by atoms with Gasteiger partial charge in [-0.1, -0.05) is 35.3 Å². The Kier molecular flexibility index (Phi) is 11.5. The second-order valence-corrected chi connectivity index (χ2v) is 12.5. The highest BCUT2D eigenvalue weighted by molar-refractivity contribution is 7.88. The molecule has 2 aromatic carbocycles. The van der Waals surface area contributed by atoms with E-state index in [1.807, 2.05) is 0 Å². The standard InChI is InChI=1S/C29H30Cl2F2N2O8S/c1-39-23-7-5-18(9-26(23)40-2)16-44(37,38)35-14-28(36)42-25(11-20-21(30)12-34-13-22(20)31)19-6-8-24(43-29(32)33)27(10-19)41-15-17-3-4-17/h5-10,12-13,17,25,29,35H,3-4,11,14-16H2,1-2H3/t25-/m0/s1. The average molecular weight is 676 g/mol. The molecule has 10 nitrogen and oxygen atoms in total.